The molecule has 0 bridgehead atoms. The van der Waals surface area contributed by atoms with Gasteiger partial charge >= 0.3 is 11.9 Å². The van der Waals surface area contributed by atoms with Gasteiger partial charge in [-0.05, 0) is 35.9 Å². The average Bonchev–Trinajstić information content (AvgIpc) is 2.55. The average molecular weight is 326 g/mol. The van der Waals surface area contributed by atoms with E-state index in [1.807, 2.05) is 0 Å². The van der Waals surface area contributed by atoms with Gasteiger partial charge < -0.3 is 20.9 Å². The molecule has 4 N–H and O–H groups in total. The molecule has 6 nitrogen and oxygen atoms in total. The maximum atomic E-state index is 12.1. The molecule has 2 aromatic rings. The summed E-state index contributed by atoms with van der Waals surface area (Å²) in [5.41, 5.74) is 13.3. The van der Waals surface area contributed by atoms with Crippen LogP contribution in [0.2, 0.25) is 0 Å². The van der Waals surface area contributed by atoms with Gasteiger partial charge in [-0.3, -0.25) is 0 Å². The van der Waals surface area contributed by atoms with E-state index in [-0.39, 0.29) is 12.2 Å². The molecule has 0 aliphatic heterocycles. The van der Waals surface area contributed by atoms with Crippen LogP contribution < -0.4 is 16.2 Å². The van der Waals surface area contributed by atoms with E-state index in [0.717, 1.165) is 11.6 Å². The van der Waals surface area contributed by atoms with Crippen LogP contribution in [0.4, 0.5) is 11.4 Å². The lowest BCUT2D eigenvalue weighted by atomic mass is 10.1. The van der Waals surface area contributed by atoms with E-state index in [9.17, 15) is 9.59 Å². The van der Waals surface area contributed by atoms with Crippen molar-refractivity contribution < 1.29 is 19.1 Å². The Balaban J connectivity index is 1.94. The molecule has 2 rings (SSSR count). The number of hydrogen-bond donors (Lipinski definition) is 2. The third-order valence-electron chi connectivity index (χ3n) is 3.15. The summed E-state index contributed by atoms with van der Waals surface area (Å²) in [5.74, 6) is -0.601. The number of carbonyl (C=O) groups is 2. The largest absolute Gasteiger partial charge is 0.462 e. The lowest BCUT2D eigenvalue weighted by Gasteiger charge is -2.07. The molecule has 0 atom stereocenters. The molecule has 0 saturated heterocycles. The number of rotatable bonds is 6. The van der Waals surface area contributed by atoms with Crippen LogP contribution >= 0.6 is 0 Å². The predicted octanol–water partition coefficient (Wildman–Crippen LogP) is 2.34. The molecule has 0 unspecified atom stereocenters. The maximum absolute atomic E-state index is 12.1. The molecule has 6 heteroatoms. The summed E-state index contributed by atoms with van der Waals surface area (Å²) in [6.07, 6.45) is 1.67. The normalized spacial score (nSPS) is 10.0. The smallest absolute Gasteiger partial charge is 0.343 e. The Bertz CT molecular complexity index is 734. The second kappa shape index (κ2) is 7.82. The van der Waals surface area contributed by atoms with E-state index in [1.165, 1.54) is 12.1 Å². The van der Waals surface area contributed by atoms with Crippen molar-refractivity contribution in [2.45, 2.75) is 6.42 Å². The highest BCUT2D eigenvalue weighted by Gasteiger charge is 2.10. The van der Waals surface area contributed by atoms with Crippen molar-refractivity contribution in [3.05, 3.63) is 66.2 Å². The second-order valence-electron chi connectivity index (χ2n) is 5.04. The number of carbonyl (C=O) groups excluding carboxylic acids is 2. The molecule has 0 radical (unpaired) electrons. The van der Waals surface area contributed by atoms with Gasteiger partial charge in [0.25, 0.3) is 0 Å². The Morgan fingerprint density at radius 3 is 2.25 bits per heavy atom. The summed E-state index contributed by atoms with van der Waals surface area (Å²) in [4.78, 5) is 23.0. The fraction of sp³-hybridized carbons (Fsp3) is 0.111. The Morgan fingerprint density at radius 2 is 1.67 bits per heavy atom. The number of nitrogen functional groups attached to an aromatic ring is 2. The summed E-state index contributed by atoms with van der Waals surface area (Å²) >= 11 is 0. The van der Waals surface area contributed by atoms with E-state index < -0.39 is 11.9 Å². The molecule has 0 aliphatic carbocycles. The number of benzene rings is 2. The van der Waals surface area contributed by atoms with Gasteiger partial charge in [0.05, 0.1) is 12.2 Å². The zero-order valence-electron chi connectivity index (χ0n) is 13.0. The zero-order chi connectivity index (χ0) is 17.5. The summed E-state index contributed by atoms with van der Waals surface area (Å²) in [7, 11) is 0. The first-order valence-electron chi connectivity index (χ1n) is 7.24. The Hall–Kier alpha value is -3.28. The summed E-state index contributed by atoms with van der Waals surface area (Å²) in [6.45, 7) is 3.58. The molecule has 0 fully saturated rings. The third kappa shape index (κ3) is 4.88. The minimum Gasteiger partial charge on any atom is -0.462 e. The van der Waals surface area contributed by atoms with Crippen LogP contribution in [-0.2, 0) is 16.0 Å². The maximum Gasteiger partial charge on any atom is 0.343 e. The SMILES string of the molecule is C=CC(=O)OCCc1ccc(OC(=O)c2cc(N)cc(N)c2)cc1. The van der Waals surface area contributed by atoms with Crippen molar-refractivity contribution in [1.29, 1.82) is 0 Å². The highest BCUT2D eigenvalue weighted by Crippen LogP contribution is 2.18. The molecular formula is C18H18N2O4. The van der Waals surface area contributed by atoms with Gasteiger partial charge in [0, 0.05) is 23.9 Å². The monoisotopic (exact) mass is 326 g/mol. The van der Waals surface area contributed by atoms with E-state index in [4.69, 9.17) is 20.9 Å². The van der Waals surface area contributed by atoms with Crippen molar-refractivity contribution in [2.75, 3.05) is 18.1 Å². The van der Waals surface area contributed by atoms with Crippen molar-refractivity contribution in [3.8, 4) is 5.75 Å². The number of ether oxygens (including phenoxy) is 2. The van der Waals surface area contributed by atoms with Gasteiger partial charge in [-0.25, -0.2) is 9.59 Å². The van der Waals surface area contributed by atoms with Crippen molar-refractivity contribution in [1.82, 2.24) is 0 Å². The topological polar surface area (TPSA) is 105 Å². The fourth-order valence-corrected chi connectivity index (χ4v) is 2.01. The van der Waals surface area contributed by atoms with Crippen LogP contribution in [0.1, 0.15) is 15.9 Å². The van der Waals surface area contributed by atoms with Crippen molar-refractivity contribution in [3.63, 3.8) is 0 Å². The van der Waals surface area contributed by atoms with Gasteiger partial charge in [0.1, 0.15) is 5.75 Å². The molecular weight excluding hydrogens is 308 g/mol. The third-order valence-corrected chi connectivity index (χ3v) is 3.15. The predicted molar refractivity (Wildman–Crippen MR) is 91.5 cm³/mol. The quantitative estimate of drug-likeness (QED) is 0.365. The summed E-state index contributed by atoms with van der Waals surface area (Å²) in [5, 5.41) is 0. The molecule has 0 aliphatic rings. The second-order valence-corrected chi connectivity index (χ2v) is 5.04. The lowest BCUT2D eigenvalue weighted by molar-refractivity contribution is -0.137. The van der Waals surface area contributed by atoms with Crippen LogP contribution in [0, 0.1) is 0 Å². The molecule has 0 amide bonds. The first-order valence-corrected chi connectivity index (χ1v) is 7.24. The molecule has 0 aromatic heterocycles. The Labute approximate surface area is 139 Å². The Morgan fingerprint density at radius 1 is 1.04 bits per heavy atom. The number of nitrogens with two attached hydrogens (primary N) is 2. The van der Waals surface area contributed by atoms with Gasteiger partial charge in [0.2, 0.25) is 0 Å². The number of esters is 2. The van der Waals surface area contributed by atoms with Crippen LogP contribution in [0.25, 0.3) is 0 Å². The lowest BCUT2D eigenvalue weighted by Crippen LogP contribution is -2.10. The summed E-state index contributed by atoms with van der Waals surface area (Å²) < 4.78 is 10.2. The zero-order valence-corrected chi connectivity index (χ0v) is 13.0. The number of hydrogen-bond acceptors (Lipinski definition) is 6. The van der Waals surface area contributed by atoms with Gasteiger partial charge in [0.15, 0.2) is 0 Å². The first-order chi connectivity index (χ1) is 11.5. The molecule has 124 valence electrons. The molecule has 0 heterocycles. The highest BCUT2D eigenvalue weighted by atomic mass is 16.5. The summed E-state index contributed by atoms with van der Waals surface area (Å²) in [6, 6.07) is 11.5. The van der Waals surface area contributed by atoms with Crippen LogP contribution in [0.3, 0.4) is 0 Å². The van der Waals surface area contributed by atoms with Gasteiger partial charge in [-0.1, -0.05) is 18.7 Å². The van der Waals surface area contributed by atoms with Crippen molar-refractivity contribution in [2.24, 2.45) is 0 Å². The van der Waals surface area contributed by atoms with Crippen LogP contribution in [0.5, 0.6) is 5.75 Å². The molecule has 0 spiro atoms. The molecule has 0 saturated carbocycles. The number of anilines is 2. The standard InChI is InChI=1S/C18H18N2O4/c1-2-17(21)23-8-7-12-3-5-16(6-4-12)24-18(22)13-9-14(19)11-15(20)10-13/h2-6,9-11H,1,7-8,19-20H2. The molecule has 24 heavy (non-hydrogen) atoms. The van der Waals surface area contributed by atoms with E-state index in [1.54, 1.807) is 30.3 Å². The van der Waals surface area contributed by atoms with Crippen molar-refractivity contribution >= 4 is 23.3 Å². The highest BCUT2D eigenvalue weighted by molar-refractivity contribution is 5.93. The minimum absolute atomic E-state index is 0.257. The van der Waals surface area contributed by atoms with E-state index in [2.05, 4.69) is 6.58 Å². The van der Waals surface area contributed by atoms with Gasteiger partial charge in [-0.2, -0.15) is 0 Å². The minimum atomic E-state index is -0.540. The van der Waals surface area contributed by atoms with E-state index >= 15 is 0 Å². The van der Waals surface area contributed by atoms with Gasteiger partial charge in [-0.15, -0.1) is 0 Å². The van der Waals surface area contributed by atoms with Crippen LogP contribution in [-0.4, -0.2) is 18.5 Å². The van der Waals surface area contributed by atoms with Crippen LogP contribution in [0.15, 0.2) is 55.1 Å². The fourth-order valence-electron chi connectivity index (χ4n) is 2.01. The first kappa shape index (κ1) is 17.1. The van der Waals surface area contributed by atoms with E-state index in [0.29, 0.717) is 23.5 Å². The Kier molecular flexibility index (Phi) is 5.57. The molecule has 2 aromatic carbocycles.